The van der Waals surface area contributed by atoms with Crippen molar-refractivity contribution in [2.45, 2.75) is 26.7 Å². The van der Waals surface area contributed by atoms with Crippen LogP contribution in [0.1, 0.15) is 24.3 Å². The van der Waals surface area contributed by atoms with Gasteiger partial charge in [-0.3, -0.25) is 4.79 Å². The van der Waals surface area contributed by atoms with E-state index in [1.54, 1.807) is 13.0 Å². The minimum Gasteiger partial charge on any atom is -0.360 e. The zero-order valence-electron chi connectivity index (χ0n) is 12.7. The maximum absolute atomic E-state index is 12.2. The minimum absolute atomic E-state index is 0.00272. The molecule has 22 heavy (non-hydrogen) atoms. The molecule has 0 saturated carbocycles. The molecule has 116 valence electrons. The molecule has 1 aliphatic rings. The van der Waals surface area contributed by atoms with Crippen molar-refractivity contribution in [1.29, 1.82) is 0 Å². The number of carbonyl (C=O) groups excluding carboxylic acids is 1. The van der Waals surface area contributed by atoms with E-state index in [0.29, 0.717) is 11.6 Å². The van der Waals surface area contributed by atoms with Gasteiger partial charge in [0.25, 0.3) is 0 Å². The molecule has 1 saturated heterocycles. The van der Waals surface area contributed by atoms with E-state index < -0.39 is 0 Å². The topological polar surface area (TPSA) is 84.2 Å². The molecular formula is C15H19N5O2. The Kier molecular flexibility index (Phi) is 4.04. The molecule has 1 amide bonds. The lowest BCUT2D eigenvalue weighted by Gasteiger charge is -2.31. The fraction of sp³-hybridized carbons (Fsp3) is 0.467. The summed E-state index contributed by atoms with van der Waals surface area (Å²) in [4.78, 5) is 14.4. The molecule has 0 spiro atoms. The number of nitrogens with zero attached hydrogens (tertiary/aromatic N) is 4. The number of anilines is 2. The maximum atomic E-state index is 12.2. The fourth-order valence-corrected chi connectivity index (χ4v) is 2.58. The van der Waals surface area contributed by atoms with Gasteiger partial charge >= 0.3 is 0 Å². The molecule has 1 N–H and O–H groups in total. The van der Waals surface area contributed by atoms with Crippen molar-refractivity contribution in [3.05, 3.63) is 29.7 Å². The van der Waals surface area contributed by atoms with E-state index in [0.717, 1.165) is 37.4 Å². The number of carbonyl (C=O) groups is 1. The van der Waals surface area contributed by atoms with E-state index in [-0.39, 0.29) is 11.8 Å². The second kappa shape index (κ2) is 6.13. The van der Waals surface area contributed by atoms with Gasteiger partial charge in [0, 0.05) is 25.1 Å². The van der Waals surface area contributed by atoms with Gasteiger partial charge in [0.1, 0.15) is 5.76 Å². The summed E-state index contributed by atoms with van der Waals surface area (Å²) in [5.41, 5.74) is 0.904. The summed E-state index contributed by atoms with van der Waals surface area (Å²) < 4.78 is 4.95. The summed E-state index contributed by atoms with van der Waals surface area (Å²) in [7, 11) is 0. The van der Waals surface area contributed by atoms with Crippen molar-refractivity contribution in [1.82, 2.24) is 15.4 Å². The van der Waals surface area contributed by atoms with Crippen molar-refractivity contribution in [2.75, 3.05) is 23.3 Å². The molecule has 3 rings (SSSR count). The van der Waals surface area contributed by atoms with Gasteiger partial charge < -0.3 is 14.7 Å². The number of amides is 1. The zero-order valence-corrected chi connectivity index (χ0v) is 12.7. The van der Waals surface area contributed by atoms with Crippen LogP contribution in [-0.4, -0.2) is 34.4 Å². The molecule has 2 aromatic heterocycles. The number of piperidine rings is 1. The minimum atomic E-state index is -0.00772. The van der Waals surface area contributed by atoms with Crippen LogP contribution in [0, 0.1) is 19.8 Å². The standard InChI is InChI=1S/C15H19N5O2/c1-10-3-4-14(18-17-10)20-7-5-12(6-8-20)15(21)16-13-9-11(2)22-19-13/h3-4,9,12H,5-8H2,1-2H3,(H,16,19,21). The van der Waals surface area contributed by atoms with Crippen LogP contribution in [0.15, 0.2) is 22.7 Å². The molecule has 1 fully saturated rings. The second-order valence-corrected chi connectivity index (χ2v) is 5.61. The number of hydrogen-bond acceptors (Lipinski definition) is 6. The lowest BCUT2D eigenvalue weighted by Crippen LogP contribution is -2.38. The highest BCUT2D eigenvalue weighted by Crippen LogP contribution is 2.22. The fourth-order valence-electron chi connectivity index (χ4n) is 2.58. The Hall–Kier alpha value is -2.44. The van der Waals surface area contributed by atoms with Crippen molar-refractivity contribution >= 4 is 17.5 Å². The van der Waals surface area contributed by atoms with Gasteiger partial charge in [0.2, 0.25) is 5.91 Å². The number of nitrogens with one attached hydrogen (secondary N) is 1. The molecule has 0 bridgehead atoms. The summed E-state index contributed by atoms with van der Waals surface area (Å²) in [6.45, 7) is 5.31. The zero-order chi connectivity index (χ0) is 15.5. The van der Waals surface area contributed by atoms with Gasteiger partial charge in [0.15, 0.2) is 11.6 Å². The first-order valence-corrected chi connectivity index (χ1v) is 7.41. The van der Waals surface area contributed by atoms with Crippen LogP contribution >= 0.6 is 0 Å². The smallest absolute Gasteiger partial charge is 0.228 e. The molecule has 2 aromatic rings. The molecule has 0 radical (unpaired) electrons. The highest BCUT2D eigenvalue weighted by atomic mass is 16.5. The van der Waals surface area contributed by atoms with Crippen molar-refractivity contribution in [3.8, 4) is 0 Å². The Bertz CT molecular complexity index is 644. The number of aromatic nitrogens is 3. The van der Waals surface area contributed by atoms with Gasteiger partial charge in [-0.1, -0.05) is 5.16 Å². The summed E-state index contributed by atoms with van der Waals surface area (Å²) in [6.07, 6.45) is 1.58. The Balaban J connectivity index is 1.54. The Labute approximate surface area is 128 Å². The molecule has 0 atom stereocenters. The predicted octanol–water partition coefficient (Wildman–Crippen LogP) is 1.94. The number of aryl methyl sites for hydroxylation is 2. The predicted molar refractivity (Wildman–Crippen MR) is 81.6 cm³/mol. The third kappa shape index (κ3) is 3.24. The van der Waals surface area contributed by atoms with Crippen molar-refractivity contribution < 1.29 is 9.32 Å². The quantitative estimate of drug-likeness (QED) is 0.932. The molecule has 3 heterocycles. The van der Waals surface area contributed by atoms with Crippen LogP contribution in [0.4, 0.5) is 11.6 Å². The Morgan fingerprint density at radius 3 is 2.64 bits per heavy atom. The van der Waals surface area contributed by atoms with E-state index in [1.807, 2.05) is 19.1 Å². The summed E-state index contributed by atoms with van der Waals surface area (Å²) in [6, 6.07) is 5.64. The van der Waals surface area contributed by atoms with E-state index in [1.165, 1.54) is 0 Å². The van der Waals surface area contributed by atoms with E-state index in [4.69, 9.17) is 4.52 Å². The van der Waals surface area contributed by atoms with Crippen LogP contribution in [0.3, 0.4) is 0 Å². The van der Waals surface area contributed by atoms with Crippen molar-refractivity contribution in [2.24, 2.45) is 5.92 Å². The normalized spacial score (nSPS) is 15.8. The van der Waals surface area contributed by atoms with Gasteiger partial charge in [-0.05, 0) is 38.8 Å². The number of hydrogen-bond donors (Lipinski definition) is 1. The third-order valence-corrected chi connectivity index (χ3v) is 3.85. The Morgan fingerprint density at radius 1 is 1.27 bits per heavy atom. The van der Waals surface area contributed by atoms with Crippen LogP contribution in [-0.2, 0) is 4.79 Å². The second-order valence-electron chi connectivity index (χ2n) is 5.61. The van der Waals surface area contributed by atoms with E-state index >= 15 is 0 Å². The van der Waals surface area contributed by atoms with Crippen molar-refractivity contribution in [3.63, 3.8) is 0 Å². The molecule has 0 aliphatic carbocycles. The lowest BCUT2D eigenvalue weighted by atomic mass is 9.96. The third-order valence-electron chi connectivity index (χ3n) is 3.85. The summed E-state index contributed by atoms with van der Waals surface area (Å²) in [5.74, 6) is 2.03. The summed E-state index contributed by atoms with van der Waals surface area (Å²) >= 11 is 0. The average Bonchev–Trinajstić information content (AvgIpc) is 2.93. The summed E-state index contributed by atoms with van der Waals surface area (Å²) in [5, 5.41) is 14.9. The van der Waals surface area contributed by atoms with E-state index in [9.17, 15) is 4.79 Å². The molecule has 0 aromatic carbocycles. The highest BCUT2D eigenvalue weighted by molar-refractivity contribution is 5.91. The molecule has 7 nitrogen and oxygen atoms in total. The average molecular weight is 301 g/mol. The van der Waals surface area contributed by atoms with E-state index in [2.05, 4.69) is 25.6 Å². The van der Waals surface area contributed by atoms with Gasteiger partial charge in [0.05, 0.1) is 5.69 Å². The highest BCUT2D eigenvalue weighted by Gasteiger charge is 2.26. The molecule has 1 aliphatic heterocycles. The maximum Gasteiger partial charge on any atom is 0.228 e. The molecular weight excluding hydrogens is 282 g/mol. The first-order valence-electron chi connectivity index (χ1n) is 7.41. The van der Waals surface area contributed by atoms with Gasteiger partial charge in [-0.25, -0.2) is 0 Å². The largest absolute Gasteiger partial charge is 0.360 e. The van der Waals surface area contributed by atoms with Gasteiger partial charge in [-0.2, -0.15) is 5.10 Å². The Morgan fingerprint density at radius 2 is 2.05 bits per heavy atom. The van der Waals surface area contributed by atoms with Crippen LogP contribution in [0.5, 0.6) is 0 Å². The lowest BCUT2D eigenvalue weighted by molar-refractivity contribution is -0.120. The number of rotatable bonds is 3. The van der Waals surface area contributed by atoms with Crippen LogP contribution in [0.2, 0.25) is 0 Å². The van der Waals surface area contributed by atoms with Crippen LogP contribution in [0.25, 0.3) is 0 Å². The van der Waals surface area contributed by atoms with Gasteiger partial charge in [-0.15, -0.1) is 5.10 Å². The molecule has 0 unspecified atom stereocenters. The first kappa shape index (κ1) is 14.5. The SMILES string of the molecule is Cc1ccc(N2CCC(C(=O)Nc3cc(C)on3)CC2)nn1. The first-order chi connectivity index (χ1) is 10.6. The monoisotopic (exact) mass is 301 g/mol. The van der Waals surface area contributed by atoms with Crippen LogP contribution < -0.4 is 10.2 Å². The molecule has 7 heteroatoms.